The molecule has 0 bridgehead atoms. The lowest BCUT2D eigenvalue weighted by Gasteiger charge is -2.22. The molecule has 0 spiro atoms. The second kappa shape index (κ2) is 7.12. The molecule has 2 rings (SSSR count). The van der Waals surface area contributed by atoms with E-state index in [1.165, 1.54) is 18.2 Å². The highest BCUT2D eigenvalue weighted by molar-refractivity contribution is 6.31. The standard InChI is InChI=1S/C16H16Cl2FNO/c1-10(21-14-4-2-3-12(17)9-14)16(20)8-11-7-13(19)5-6-15(11)18/h2-7,9-10,16H,8,20H2,1H3. The number of hydrogen-bond acceptors (Lipinski definition) is 2. The number of benzene rings is 2. The van der Waals surface area contributed by atoms with Gasteiger partial charge in [0, 0.05) is 16.1 Å². The van der Waals surface area contributed by atoms with Crippen LogP contribution >= 0.6 is 23.2 Å². The molecule has 0 aromatic heterocycles. The fraction of sp³-hybridized carbons (Fsp3) is 0.250. The lowest BCUT2D eigenvalue weighted by Crippen LogP contribution is -2.38. The van der Waals surface area contributed by atoms with Gasteiger partial charge < -0.3 is 10.5 Å². The molecule has 0 heterocycles. The average molecular weight is 328 g/mol. The minimum absolute atomic E-state index is 0.261. The molecule has 2 N–H and O–H groups in total. The van der Waals surface area contributed by atoms with Crippen LogP contribution in [-0.4, -0.2) is 12.1 Å². The van der Waals surface area contributed by atoms with Gasteiger partial charge in [0.1, 0.15) is 17.7 Å². The van der Waals surface area contributed by atoms with Crippen LogP contribution in [0.1, 0.15) is 12.5 Å². The fourth-order valence-electron chi connectivity index (χ4n) is 1.96. The van der Waals surface area contributed by atoms with Crippen LogP contribution in [0.2, 0.25) is 10.0 Å². The molecule has 2 unspecified atom stereocenters. The van der Waals surface area contributed by atoms with Crippen molar-refractivity contribution in [3.05, 3.63) is 63.9 Å². The molecule has 2 atom stereocenters. The summed E-state index contributed by atoms with van der Waals surface area (Å²) in [7, 11) is 0. The summed E-state index contributed by atoms with van der Waals surface area (Å²) in [4.78, 5) is 0. The summed E-state index contributed by atoms with van der Waals surface area (Å²) in [6.07, 6.45) is 0.168. The summed E-state index contributed by atoms with van der Waals surface area (Å²) >= 11 is 12.0. The van der Waals surface area contributed by atoms with E-state index in [2.05, 4.69) is 0 Å². The van der Waals surface area contributed by atoms with Gasteiger partial charge in [-0.15, -0.1) is 0 Å². The molecular weight excluding hydrogens is 312 g/mol. The van der Waals surface area contributed by atoms with Crippen molar-refractivity contribution in [2.75, 3.05) is 0 Å². The first kappa shape index (κ1) is 16.1. The summed E-state index contributed by atoms with van der Waals surface area (Å²) < 4.78 is 19.0. The molecule has 0 fully saturated rings. The Labute approximate surface area is 133 Å². The molecule has 2 aromatic rings. The molecule has 2 nitrogen and oxygen atoms in total. The third kappa shape index (κ3) is 4.60. The van der Waals surface area contributed by atoms with Crippen LogP contribution in [0.15, 0.2) is 42.5 Å². The van der Waals surface area contributed by atoms with E-state index in [4.69, 9.17) is 33.7 Å². The molecule has 0 amide bonds. The highest BCUT2D eigenvalue weighted by Gasteiger charge is 2.17. The van der Waals surface area contributed by atoms with Crippen molar-refractivity contribution < 1.29 is 9.13 Å². The minimum Gasteiger partial charge on any atom is -0.489 e. The van der Waals surface area contributed by atoms with E-state index in [9.17, 15) is 4.39 Å². The Balaban J connectivity index is 2.02. The third-order valence-electron chi connectivity index (χ3n) is 3.18. The maximum atomic E-state index is 13.2. The van der Waals surface area contributed by atoms with Crippen molar-refractivity contribution in [1.29, 1.82) is 0 Å². The number of ether oxygens (including phenoxy) is 1. The van der Waals surface area contributed by atoms with E-state index in [-0.39, 0.29) is 18.0 Å². The van der Waals surface area contributed by atoms with Gasteiger partial charge in [-0.05, 0) is 55.3 Å². The molecule has 0 saturated carbocycles. The van der Waals surface area contributed by atoms with Crippen molar-refractivity contribution in [1.82, 2.24) is 0 Å². The van der Waals surface area contributed by atoms with Gasteiger partial charge in [-0.2, -0.15) is 0 Å². The fourth-order valence-corrected chi connectivity index (χ4v) is 2.34. The van der Waals surface area contributed by atoms with Crippen LogP contribution < -0.4 is 10.5 Å². The molecule has 0 saturated heterocycles. The van der Waals surface area contributed by atoms with Crippen LogP contribution in [-0.2, 0) is 6.42 Å². The van der Waals surface area contributed by atoms with E-state index in [1.54, 1.807) is 18.2 Å². The minimum atomic E-state index is -0.329. The molecule has 2 aromatic carbocycles. The third-order valence-corrected chi connectivity index (χ3v) is 3.79. The molecule has 112 valence electrons. The Kier molecular flexibility index (Phi) is 5.45. The zero-order chi connectivity index (χ0) is 15.4. The average Bonchev–Trinajstić information content (AvgIpc) is 2.43. The van der Waals surface area contributed by atoms with Crippen LogP contribution in [0, 0.1) is 5.82 Å². The number of hydrogen-bond donors (Lipinski definition) is 1. The van der Waals surface area contributed by atoms with Gasteiger partial charge in [-0.1, -0.05) is 29.3 Å². The first-order chi connectivity index (χ1) is 9.95. The Morgan fingerprint density at radius 1 is 1.19 bits per heavy atom. The summed E-state index contributed by atoms with van der Waals surface area (Å²) in [5, 5.41) is 1.10. The largest absolute Gasteiger partial charge is 0.489 e. The van der Waals surface area contributed by atoms with Gasteiger partial charge in [0.25, 0.3) is 0 Å². The maximum Gasteiger partial charge on any atom is 0.123 e. The smallest absolute Gasteiger partial charge is 0.123 e. The second-order valence-electron chi connectivity index (χ2n) is 4.88. The van der Waals surface area contributed by atoms with Gasteiger partial charge >= 0.3 is 0 Å². The van der Waals surface area contributed by atoms with Crippen LogP contribution in [0.3, 0.4) is 0 Å². The van der Waals surface area contributed by atoms with Gasteiger partial charge in [0.05, 0.1) is 0 Å². The molecule has 0 aliphatic rings. The van der Waals surface area contributed by atoms with E-state index in [0.29, 0.717) is 27.8 Å². The topological polar surface area (TPSA) is 35.2 Å². The van der Waals surface area contributed by atoms with Crippen LogP contribution in [0.5, 0.6) is 5.75 Å². The first-order valence-electron chi connectivity index (χ1n) is 6.57. The quantitative estimate of drug-likeness (QED) is 0.879. The Hall–Kier alpha value is -1.29. The van der Waals surface area contributed by atoms with Gasteiger partial charge in [-0.3, -0.25) is 0 Å². The van der Waals surface area contributed by atoms with E-state index in [0.717, 1.165) is 0 Å². The van der Waals surface area contributed by atoms with E-state index in [1.807, 2.05) is 13.0 Å². The van der Waals surface area contributed by atoms with Crippen LogP contribution in [0.25, 0.3) is 0 Å². The zero-order valence-corrected chi connectivity index (χ0v) is 13.0. The Morgan fingerprint density at radius 2 is 1.95 bits per heavy atom. The van der Waals surface area contributed by atoms with Gasteiger partial charge in [-0.25, -0.2) is 4.39 Å². The monoisotopic (exact) mass is 327 g/mol. The van der Waals surface area contributed by atoms with Crippen LogP contribution in [0.4, 0.5) is 4.39 Å². The normalized spacial score (nSPS) is 13.8. The lowest BCUT2D eigenvalue weighted by atomic mass is 10.0. The molecule has 21 heavy (non-hydrogen) atoms. The maximum absolute atomic E-state index is 13.2. The summed E-state index contributed by atoms with van der Waals surface area (Å²) in [6, 6.07) is 11.0. The highest BCUT2D eigenvalue weighted by atomic mass is 35.5. The molecular formula is C16H16Cl2FNO. The highest BCUT2D eigenvalue weighted by Crippen LogP contribution is 2.22. The second-order valence-corrected chi connectivity index (χ2v) is 5.73. The van der Waals surface area contributed by atoms with Gasteiger partial charge in [0.2, 0.25) is 0 Å². The Morgan fingerprint density at radius 3 is 2.67 bits per heavy atom. The zero-order valence-electron chi connectivity index (χ0n) is 11.5. The number of nitrogens with two attached hydrogens (primary N) is 1. The SMILES string of the molecule is CC(Oc1cccc(Cl)c1)C(N)Cc1cc(F)ccc1Cl. The van der Waals surface area contributed by atoms with Crippen molar-refractivity contribution in [3.8, 4) is 5.75 Å². The summed E-state index contributed by atoms with van der Waals surface area (Å²) in [5.41, 5.74) is 6.79. The van der Waals surface area contributed by atoms with E-state index < -0.39 is 0 Å². The predicted molar refractivity (Wildman–Crippen MR) is 84.6 cm³/mol. The Bertz CT molecular complexity index is 621. The molecule has 0 aliphatic carbocycles. The predicted octanol–water partition coefficient (Wildman–Crippen LogP) is 4.47. The molecule has 0 aliphatic heterocycles. The summed E-state index contributed by atoms with van der Waals surface area (Å²) in [5.74, 6) is 0.320. The lowest BCUT2D eigenvalue weighted by molar-refractivity contribution is 0.189. The first-order valence-corrected chi connectivity index (χ1v) is 7.33. The van der Waals surface area contributed by atoms with Gasteiger partial charge in [0.15, 0.2) is 0 Å². The van der Waals surface area contributed by atoms with E-state index >= 15 is 0 Å². The van der Waals surface area contributed by atoms with Crippen molar-refractivity contribution in [3.63, 3.8) is 0 Å². The molecule has 5 heteroatoms. The van der Waals surface area contributed by atoms with Crippen molar-refractivity contribution in [2.45, 2.75) is 25.5 Å². The molecule has 0 radical (unpaired) electrons. The number of rotatable bonds is 5. The van der Waals surface area contributed by atoms with Crippen molar-refractivity contribution >= 4 is 23.2 Å². The van der Waals surface area contributed by atoms with Crippen molar-refractivity contribution in [2.24, 2.45) is 5.73 Å². The summed E-state index contributed by atoms with van der Waals surface area (Å²) in [6.45, 7) is 1.86. The number of halogens is 3.